The summed E-state index contributed by atoms with van der Waals surface area (Å²) in [5.74, 6) is 1.71. The van der Waals surface area contributed by atoms with Gasteiger partial charge >= 0.3 is 17.2 Å². The van der Waals surface area contributed by atoms with Gasteiger partial charge in [0.05, 0.1) is 83.8 Å². The van der Waals surface area contributed by atoms with Crippen molar-refractivity contribution in [2.75, 3.05) is 56.9 Å². The Bertz CT molecular complexity index is 1740. The number of hydrogen-bond acceptors (Lipinski definition) is 8. The van der Waals surface area contributed by atoms with E-state index in [0.717, 1.165) is 22.6 Å². The Morgan fingerprint density at radius 1 is 0.298 bits per heavy atom. The van der Waals surface area contributed by atoms with Crippen molar-refractivity contribution in [1.29, 1.82) is 0 Å². The van der Waals surface area contributed by atoms with Crippen molar-refractivity contribution in [3.8, 4) is 22.6 Å². The number of methoxy groups -OCH3 is 2. The first kappa shape index (κ1) is 48.4. The third-order valence-corrected chi connectivity index (χ3v) is 16.1. The van der Waals surface area contributed by atoms with E-state index in [1.807, 2.05) is 0 Å². The minimum absolute atomic E-state index is 0. The molecule has 0 fully saturated rings. The summed E-state index contributed by atoms with van der Waals surface area (Å²) in [5.41, 5.74) is 2.23. The van der Waals surface area contributed by atoms with E-state index in [0.29, 0.717) is 0 Å². The van der Waals surface area contributed by atoms with E-state index in [4.69, 9.17) is 36.6 Å². The maximum Gasteiger partial charge on any atom is 0.397 e. The van der Waals surface area contributed by atoms with Gasteiger partial charge in [-0.25, -0.2) is 0 Å². The van der Waals surface area contributed by atoms with Crippen LogP contribution in [-0.4, -0.2) is 56.9 Å². The van der Waals surface area contributed by atoms with Crippen LogP contribution in [0.4, 0.5) is 0 Å². The largest absolute Gasteiger partial charge is 0.496 e. The zero-order valence-corrected chi connectivity index (χ0v) is 39.2. The molecule has 6 rings (SSSR count). The summed E-state index contributed by atoms with van der Waals surface area (Å²) in [6, 6.07) is 56.6. The Morgan fingerprint density at radius 2 is 0.544 bits per heavy atom. The summed E-state index contributed by atoms with van der Waals surface area (Å²) in [5, 5.41) is 7.88. The fourth-order valence-corrected chi connectivity index (χ4v) is 12.7. The van der Waals surface area contributed by atoms with Crippen LogP contribution in [0.15, 0.2) is 158 Å². The van der Waals surface area contributed by atoms with Crippen LogP contribution >= 0.6 is 33.0 Å². The Balaban J connectivity index is 0.000000498. The predicted molar refractivity (Wildman–Crippen MR) is 244 cm³/mol. The molecule has 0 heterocycles. The molecule has 6 aromatic rings. The molecule has 1 radical (unpaired) electrons. The average molecular weight is 938 g/mol. The SMILES string of the molecule is CO[PH+](OC)OC.CO[PH+](OC)OC.COc1cccc([PH+](c2ccccc2)c2ccccc2)c1-c1c(OC)cccc1[PH+](c1ccccc1)c1ccccc1.[Rh]. The van der Waals surface area contributed by atoms with Crippen molar-refractivity contribution in [3.05, 3.63) is 158 Å². The molecule has 0 aromatic heterocycles. The minimum Gasteiger partial charge on any atom is -0.496 e. The second-order valence-corrected chi connectivity index (χ2v) is 20.0. The van der Waals surface area contributed by atoms with E-state index in [1.165, 1.54) is 31.8 Å². The molecule has 8 nitrogen and oxygen atoms in total. The molecule has 6 aromatic carbocycles. The molecular weight excluding hydrogens is 883 g/mol. The molecule has 0 saturated heterocycles. The van der Waals surface area contributed by atoms with Crippen molar-refractivity contribution >= 4 is 64.9 Å². The summed E-state index contributed by atoms with van der Waals surface area (Å²) in [6.07, 6.45) is 0. The van der Waals surface area contributed by atoms with E-state index in [2.05, 4.69) is 158 Å². The van der Waals surface area contributed by atoms with Crippen molar-refractivity contribution in [1.82, 2.24) is 0 Å². The van der Waals surface area contributed by atoms with Crippen molar-refractivity contribution in [2.45, 2.75) is 0 Å². The summed E-state index contributed by atoms with van der Waals surface area (Å²) < 4.78 is 40.6. The summed E-state index contributed by atoms with van der Waals surface area (Å²) in [4.78, 5) is 0. The molecule has 0 aliphatic carbocycles. The Morgan fingerprint density at radius 3 is 0.737 bits per heavy atom. The van der Waals surface area contributed by atoms with Gasteiger partial charge in [-0.05, 0) is 72.8 Å². The summed E-state index contributed by atoms with van der Waals surface area (Å²) in [7, 11) is 7.35. The molecule has 13 heteroatoms. The van der Waals surface area contributed by atoms with Crippen molar-refractivity contribution < 1.29 is 56.1 Å². The summed E-state index contributed by atoms with van der Waals surface area (Å²) in [6.45, 7) is 0. The third-order valence-electron chi connectivity index (χ3n) is 8.53. The molecule has 0 amide bonds. The van der Waals surface area contributed by atoms with Crippen molar-refractivity contribution in [2.24, 2.45) is 0 Å². The Hall–Kier alpha value is -2.98. The van der Waals surface area contributed by atoms with Gasteiger partial charge < -0.3 is 9.47 Å². The number of hydrogen-bond donors (Lipinski definition) is 0. The molecule has 0 aliphatic rings. The van der Waals surface area contributed by atoms with Gasteiger partial charge in [0, 0.05) is 19.5 Å². The van der Waals surface area contributed by atoms with Crippen LogP contribution in [0.2, 0.25) is 0 Å². The monoisotopic (exact) mass is 937 g/mol. The quantitative estimate of drug-likeness (QED) is 0.0756. The molecule has 0 unspecified atom stereocenters. The predicted octanol–water partition coefficient (Wildman–Crippen LogP) is 8.12. The van der Waals surface area contributed by atoms with Crippen LogP contribution in [0, 0.1) is 0 Å². The maximum atomic E-state index is 6.18. The Kier molecular flexibility index (Phi) is 22.8. The van der Waals surface area contributed by atoms with Gasteiger partial charge in [0.15, 0.2) is 0 Å². The first-order chi connectivity index (χ1) is 27.5. The number of benzene rings is 6. The van der Waals surface area contributed by atoms with E-state index < -0.39 is 33.0 Å². The minimum atomic E-state index is -1.40. The topological polar surface area (TPSA) is 73.8 Å². The third kappa shape index (κ3) is 13.5. The second-order valence-electron chi connectivity index (χ2n) is 11.7. The smallest absolute Gasteiger partial charge is 0.397 e. The van der Waals surface area contributed by atoms with Gasteiger partial charge in [-0.3, -0.25) is 0 Å². The van der Waals surface area contributed by atoms with Gasteiger partial charge in [0.25, 0.3) is 0 Å². The van der Waals surface area contributed by atoms with Crippen LogP contribution in [0.3, 0.4) is 0 Å². The molecule has 0 spiro atoms. The number of rotatable bonds is 15. The van der Waals surface area contributed by atoms with Crippen LogP contribution < -0.4 is 41.3 Å². The molecular formula is C44H54O8P4Rh+4. The van der Waals surface area contributed by atoms with E-state index >= 15 is 0 Å². The zero-order valence-electron chi connectivity index (χ0n) is 33.6. The summed E-state index contributed by atoms with van der Waals surface area (Å²) >= 11 is 0. The first-order valence-corrected chi connectivity index (χ1v) is 23.2. The Labute approximate surface area is 356 Å². The normalized spacial score (nSPS) is 10.7. The van der Waals surface area contributed by atoms with Gasteiger partial charge in [-0.1, -0.05) is 84.9 Å². The molecule has 0 N–H and O–H groups in total. The molecule has 57 heavy (non-hydrogen) atoms. The van der Waals surface area contributed by atoms with Gasteiger partial charge in [0.1, 0.15) is 43.3 Å². The van der Waals surface area contributed by atoms with Gasteiger partial charge in [-0.15, -0.1) is 0 Å². The molecule has 303 valence electrons. The molecule has 0 aliphatic heterocycles. The van der Waals surface area contributed by atoms with Gasteiger partial charge in [-0.2, -0.15) is 27.1 Å². The van der Waals surface area contributed by atoms with Gasteiger partial charge in [0.2, 0.25) is 0 Å². The van der Waals surface area contributed by atoms with Crippen LogP contribution in [-0.2, 0) is 46.6 Å². The van der Waals surface area contributed by atoms with Crippen molar-refractivity contribution in [3.63, 3.8) is 0 Å². The van der Waals surface area contributed by atoms with E-state index in [1.54, 1.807) is 56.9 Å². The van der Waals surface area contributed by atoms with Crippen LogP contribution in [0.1, 0.15) is 0 Å². The molecule has 0 bridgehead atoms. The molecule has 0 atom stereocenters. The van der Waals surface area contributed by atoms with Crippen LogP contribution in [0.25, 0.3) is 11.1 Å². The van der Waals surface area contributed by atoms with E-state index in [-0.39, 0.29) is 19.5 Å². The average Bonchev–Trinajstić information content (AvgIpc) is 3.27. The van der Waals surface area contributed by atoms with E-state index in [9.17, 15) is 0 Å². The number of ether oxygens (including phenoxy) is 2. The maximum absolute atomic E-state index is 6.18. The van der Waals surface area contributed by atoms with Crippen LogP contribution in [0.5, 0.6) is 11.5 Å². The fraction of sp³-hybridized carbons (Fsp3) is 0.182. The zero-order chi connectivity index (χ0) is 40.1. The fourth-order valence-electron chi connectivity index (χ4n) is 6.21. The molecule has 0 saturated carbocycles. The standard InChI is InChI=1S/C38H32O2P2.2C3H10O3P.Rh/c1-39-33-25-15-27-35(41(29-17-7-3-8-18-29)30-19-9-4-10-20-30)37(33)38-34(40-2)26-16-28-36(38)42(31-21-11-5-12-22-31)32-23-13-6-14-24-32;2*1-4-7(5-2)6-3;/h3-28H,1-2H3;2*7H,1-3H3;/q;2*+1;/p+2. The second kappa shape index (κ2) is 26.9. The first-order valence-electron chi connectivity index (χ1n) is 17.8.